The summed E-state index contributed by atoms with van der Waals surface area (Å²) < 4.78 is 6.85. The molecule has 3 aromatic rings. The zero-order valence-corrected chi connectivity index (χ0v) is 21.5. The van der Waals surface area contributed by atoms with Gasteiger partial charge in [0.2, 0.25) is 0 Å². The lowest BCUT2D eigenvalue weighted by molar-refractivity contribution is -0.115. The number of carbonyl (C=O) groups excluding carboxylic acids is 1. The second kappa shape index (κ2) is 10.5. The van der Waals surface area contributed by atoms with E-state index < -0.39 is 0 Å². The molecule has 0 radical (unpaired) electrons. The fourth-order valence-corrected chi connectivity index (χ4v) is 4.78. The van der Waals surface area contributed by atoms with Gasteiger partial charge in [-0.1, -0.05) is 59.1 Å². The van der Waals surface area contributed by atoms with E-state index in [-0.39, 0.29) is 5.91 Å². The molecular weight excluding hydrogens is 602 g/mol. The molecule has 162 valence electrons. The van der Waals surface area contributed by atoms with Crippen molar-refractivity contribution in [3.05, 3.63) is 95.3 Å². The van der Waals surface area contributed by atoms with Crippen molar-refractivity contribution in [2.75, 3.05) is 0 Å². The smallest absolute Gasteiger partial charge is 0.264 e. The minimum Gasteiger partial charge on any atom is -0.488 e. The van der Waals surface area contributed by atoms with E-state index in [1.807, 2.05) is 48.5 Å². The molecule has 3 aromatic carbocycles. The molecule has 32 heavy (non-hydrogen) atoms. The summed E-state index contributed by atoms with van der Waals surface area (Å²) in [6.45, 7) is 0.442. The predicted octanol–water partition coefficient (Wildman–Crippen LogP) is 7.72. The Morgan fingerprint density at radius 2 is 1.84 bits per heavy atom. The van der Waals surface area contributed by atoms with Crippen molar-refractivity contribution in [1.29, 1.82) is 0 Å². The summed E-state index contributed by atoms with van der Waals surface area (Å²) in [6.07, 6.45) is 1.81. The lowest BCUT2D eigenvalue weighted by atomic mass is 10.2. The van der Waals surface area contributed by atoms with Gasteiger partial charge < -0.3 is 10.1 Å². The van der Waals surface area contributed by atoms with Crippen LogP contribution in [0.5, 0.6) is 5.75 Å². The van der Waals surface area contributed by atoms with Gasteiger partial charge in [-0.05, 0) is 88.0 Å². The standard InChI is InChI=1S/C23H14Cl3IN2O2S/c24-15-7-4-13(5-8-15)12-31-19-9-6-14(10-17(19)27)11-20-22(30)29-23(32-20)28-18-3-1-2-16(25)21(18)26/h1-11H,12H2,(H,28,29,30)/b20-11+. The van der Waals surface area contributed by atoms with Crippen LogP contribution in [0.4, 0.5) is 5.69 Å². The fraction of sp³-hybridized carbons (Fsp3) is 0.0435. The van der Waals surface area contributed by atoms with Gasteiger partial charge in [-0.3, -0.25) is 4.79 Å². The van der Waals surface area contributed by atoms with Gasteiger partial charge in [-0.2, -0.15) is 0 Å². The van der Waals surface area contributed by atoms with Crippen LogP contribution in [0.1, 0.15) is 11.1 Å². The molecule has 4 nitrogen and oxygen atoms in total. The first kappa shape index (κ1) is 23.4. The van der Waals surface area contributed by atoms with Gasteiger partial charge in [0, 0.05) is 5.02 Å². The van der Waals surface area contributed by atoms with E-state index in [9.17, 15) is 4.79 Å². The second-order valence-corrected chi connectivity index (χ2v) is 10.1. The van der Waals surface area contributed by atoms with Gasteiger partial charge in [0.1, 0.15) is 12.4 Å². The van der Waals surface area contributed by atoms with Crippen LogP contribution in [-0.4, -0.2) is 11.1 Å². The largest absolute Gasteiger partial charge is 0.488 e. The number of thioether (sulfide) groups is 1. The quantitative estimate of drug-likeness (QED) is 0.236. The minimum absolute atomic E-state index is 0.218. The molecule has 0 aliphatic carbocycles. The Hall–Kier alpha value is -1.71. The van der Waals surface area contributed by atoms with Crippen molar-refractivity contribution in [2.45, 2.75) is 6.61 Å². The summed E-state index contributed by atoms with van der Waals surface area (Å²) in [6, 6.07) is 18.5. The van der Waals surface area contributed by atoms with Crippen LogP contribution < -0.4 is 10.1 Å². The third-order valence-corrected chi connectivity index (χ3v) is 7.18. The number of ether oxygens (including phenoxy) is 1. The summed E-state index contributed by atoms with van der Waals surface area (Å²) >= 11 is 21.6. The van der Waals surface area contributed by atoms with Crippen LogP contribution in [0.25, 0.3) is 6.08 Å². The molecule has 9 heteroatoms. The maximum atomic E-state index is 12.4. The van der Waals surface area contributed by atoms with Crippen molar-refractivity contribution in [3.8, 4) is 5.75 Å². The lowest BCUT2D eigenvalue weighted by Crippen LogP contribution is -2.19. The molecule has 0 bridgehead atoms. The molecule has 1 aliphatic heterocycles. The molecule has 1 fully saturated rings. The molecule has 1 saturated heterocycles. The third kappa shape index (κ3) is 5.80. The van der Waals surface area contributed by atoms with Crippen LogP contribution in [0.3, 0.4) is 0 Å². The Morgan fingerprint density at radius 3 is 2.59 bits per heavy atom. The number of carbonyl (C=O) groups is 1. The highest BCUT2D eigenvalue weighted by atomic mass is 127. The number of halogens is 4. The maximum Gasteiger partial charge on any atom is 0.264 e. The van der Waals surface area contributed by atoms with Crippen LogP contribution in [0, 0.1) is 3.57 Å². The summed E-state index contributed by atoms with van der Waals surface area (Å²) in [5.74, 6) is 0.550. The Bertz CT molecular complexity index is 1250. The van der Waals surface area contributed by atoms with E-state index in [4.69, 9.17) is 39.5 Å². The van der Waals surface area contributed by atoms with E-state index in [1.165, 1.54) is 11.8 Å². The predicted molar refractivity (Wildman–Crippen MR) is 142 cm³/mol. The van der Waals surface area contributed by atoms with Gasteiger partial charge >= 0.3 is 0 Å². The number of nitrogens with one attached hydrogen (secondary N) is 1. The average molecular weight is 616 g/mol. The van der Waals surface area contributed by atoms with E-state index in [1.54, 1.807) is 18.2 Å². The summed E-state index contributed by atoms with van der Waals surface area (Å²) in [5, 5.41) is 4.65. The van der Waals surface area contributed by atoms with Crippen LogP contribution in [0.2, 0.25) is 15.1 Å². The number of rotatable bonds is 5. The Kier molecular flexibility index (Phi) is 7.68. The van der Waals surface area contributed by atoms with Crippen molar-refractivity contribution in [1.82, 2.24) is 5.32 Å². The van der Waals surface area contributed by atoms with Gasteiger partial charge in [-0.25, -0.2) is 4.99 Å². The van der Waals surface area contributed by atoms with E-state index >= 15 is 0 Å². The van der Waals surface area contributed by atoms with Gasteiger partial charge in [0.25, 0.3) is 5.91 Å². The summed E-state index contributed by atoms with van der Waals surface area (Å²) in [5.41, 5.74) is 2.41. The maximum absolute atomic E-state index is 12.4. The molecule has 0 aromatic heterocycles. The Balaban J connectivity index is 1.47. The number of aliphatic imine (C=N–C) groups is 1. The number of hydrogen-bond acceptors (Lipinski definition) is 4. The zero-order valence-electron chi connectivity index (χ0n) is 16.2. The second-order valence-electron chi connectivity index (χ2n) is 6.66. The highest BCUT2D eigenvalue weighted by molar-refractivity contribution is 14.1. The number of amidine groups is 1. The van der Waals surface area contributed by atoms with E-state index in [0.29, 0.717) is 37.4 Å². The fourth-order valence-electron chi connectivity index (χ4n) is 2.79. The van der Waals surface area contributed by atoms with Crippen molar-refractivity contribution < 1.29 is 9.53 Å². The molecule has 1 aliphatic rings. The number of benzene rings is 3. The number of hydrogen-bond donors (Lipinski definition) is 1. The van der Waals surface area contributed by atoms with Crippen molar-refractivity contribution >= 4 is 92.0 Å². The molecular formula is C23H14Cl3IN2O2S. The highest BCUT2D eigenvalue weighted by Gasteiger charge is 2.24. The van der Waals surface area contributed by atoms with Crippen molar-refractivity contribution in [2.24, 2.45) is 4.99 Å². The van der Waals surface area contributed by atoms with Crippen LogP contribution in [-0.2, 0) is 11.4 Å². The Labute approximate surface area is 218 Å². The minimum atomic E-state index is -0.218. The number of nitrogens with zero attached hydrogens (tertiary/aromatic N) is 1. The molecule has 0 spiro atoms. The molecule has 0 unspecified atom stereocenters. The Morgan fingerprint density at radius 1 is 1.06 bits per heavy atom. The molecule has 4 rings (SSSR count). The van der Waals surface area contributed by atoms with Crippen LogP contribution in [0.15, 0.2) is 70.6 Å². The first-order chi connectivity index (χ1) is 15.4. The van der Waals surface area contributed by atoms with Crippen molar-refractivity contribution in [3.63, 3.8) is 0 Å². The van der Waals surface area contributed by atoms with Gasteiger partial charge in [0.05, 0.1) is 24.2 Å². The molecule has 0 saturated carbocycles. The monoisotopic (exact) mass is 614 g/mol. The average Bonchev–Trinajstić information content (AvgIpc) is 3.10. The topological polar surface area (TPSA) is 50.7 Å². The first-order valence-electron chi connectivity index (χ1n) is 9.29. The van der Waals surface area contributed by atoms with E-state index in [0.717, 1.165) is 20.4 Å². The zero-order chi connectivity index (χ0) is 22.7. The summed E-state index contributed by atoms with van der Waals surface area (Å²) in [4.78, 5) is 17.3. The molecule has 1 N–H and O–H groups in total. The summed E-state index contributed by atoms with van der Waals surface area (Å²) in [7, 11) is 0. The SMILES string of the molecule is O=C1NC(=Nc2cccc(Cl)c2Cl)S/C1=C/c1ccc(OCc2ccc(Cl)cc2)c(I)c1. The van der Waals surface area contributed by atoms with Gasteiger partial charge in [-0.15, -0.1) is 0 Å². The third-order valence-electron chi connectivity index (χ3n) is 4.37. The lowest BCUT2D eigenvalue weighted by Gasteiger charge is -2.09. The molecule has 1 heterocycles. The van der Waals surface area contributed by atoms with Crippen LogP contribution >= 0.6 is 69.2 Å². The van der Waals surface area contributed by atoms with Gasteiger partial charge in [0.15, 0.2) is 5.17 Å². The number of amides is 1. The normalized spacial score (nSPS) is 15.9. The first-order valence-corrected chi connectivity index (χ1v) is 12.3. The van der Waals surface area contributed by atoms with E-state index in [2.05, 4.69) is 32.9 Å². The molecule has 0 atom stereocenters. The highest BCUT2D eigenvalue weighted by Crippen LogP contribution is 2.35. The molecule has 1 amide bonds.